The van der Waals surface area contributed by atoms with Crippen LogP contribution in [0.3, 0.4) is 0 Å². The Balaban J connectivity index is 1.63. The molecule has 0 aromatic carbocycles. The largest absolute Gasteiger partial charge is 0.378 e. The van der Waals surface area contributed by atoms with Gasteiger partial charge in [-0.25, -0.2) is 0 Å². The first kappa shape index (κ1) is 18.9. The van der Waals surface area contributed by atoms with Crippen LogP contribution in [-0.2, 0) is 19.7 Å². The van der Waals surface area contributed by atoms with Gasteiger partial charge in [-0.2, -0.15) is 0 Å². The molecular formula is C19H29N3O4. The summed E-state index contributed by atoms with van der Waals surface area (Å²) in [5.41, 5.74) is -0.176. The molecule has 1 aromatic heterocycles. The quantitative estimate of drug-likeness (QED) is 0.889. The Hall–Kier alpha value is -1.89. The molecule has 3 heterocycles. The molecule has 1 N–H and O–H groups in total. The van der Waals surface area contributed by atoms with Gasteiger partial charge in [-0.1, -0.05) is 25.9 Å². The minimum Gasteiger partial charge on any atom is -0.378 e. The van der Waals surface area contributed by atoms with Crippen LogP contribution in [0.25, 0.3) is 0 Å². The van der Waals surface area contributed by atoms with Crippen molar-refractivity contribution in [3.8, 4) is 0 Å². The highest BCUT2D eigenvalue weighted by Crippen LogP contribution is 2.26. The highest BCUT2D eigenvalue weighted by molar-refractivity contribution is 5.96. The van der Waals surface area contributed by atoms with Crippen LogP contribution in [-0.4, -0.2) is 47.2 Å². The lowest BCUT2D eigenvalue weighted by Gasteiger charge is -2.35. The maximum Gasteiger partial charge on any atom is 0.248 e. The summed E-state index contributed by atoms with van der Waals surface area (Å²) in [6.07, 6.45) is 4.83. The van der Waals surface area contributed by atoms with Crippen molar-refractivity contribution in [2.24, 2.45) is 0 Å². The Morgan fingerprint density at radius 3 is 2.73 bits per heavy atom. The fourth-order valence-electron chi connectivity index (χ4n) is 3.52. The molecule has 26 heavy (non-hydrogen) atoms. The van der Waals surface area contributed by atoms with Gasteiger partial charge in [-0.15, -0.1) is 0 Å². The maximum absolute atomic E-state index is 12.8. The van der Waals surface area contributed by atoms with Crippen LogP contribution < -0.4 is 5.32 Å². The molecule has 0 radical (unpaired) electrons. The SMILES string of the molecule is CC(C)(C)c1cc(NC(=O)[C@@H]2CCCCN2C(=O)C[C@H]2CCCO2)no1. The van der Waals surface area contributed by atoms with Crippen LogP contribution in [0.5, 0.6) is 0 Å². The second-order valence-electron chi connectivity index (χ2n) is 8.25. The fraction of sp³-hybridized carbons (Fsp3) is 0.737. The van der Waals surface area contributed by atoms with Crippen LogP contribution in [0, 0.1) is 0 Å². The number of rotatable bonds is 4. The molecule has 0 saturated carbocycles. The highest BCUT2D eigenvalue weighted by atomic mass is 16.5. The Bertz CT molecular complexity index is 643. The first-order chi connectivity index (χ1) is 12.3. The van der Waals surface area contributed by atoms with Crippen molar-refractivity contribution in [1.82, 2.24) is 10.1 Å². The molecule has 0 bridgehead atoms. The highest BCUT2D eigenvalue weighted by Gasteiger charge is 2.34. The second kappa shape index (κ2) is 7.78. The van der Waals surface area contributed by atoms with Gasteiger partial charge in [0.15, 0.2) is 5.82 Å². The topological polar surface area (TPSA) is 84.7 Å². The van der Waals surface area contributed by atoms with E-state index in [1.54, 1.807) is 11.0 Å². The van der Waals surface area contributed by atoms with E-state index in [4.69, 9.17) is 9.26 Å². The third-order valence-electron chi connectivity index (χ3n) is 5.05. The molecule has 2 fully saturated rings. The first-order valence-corrected chi connectivity index (χ1v) is 9.54. The molecule has 2 atom stereocenters. The van der Waals surface area contributed by atoms with Gasteiger partial charge < -0.3 is 19.5 Å². The van der Waals surface area contributed by atoms with Gasteiger partial charge in [0.2, 0.25) is 11.8 Å². The average Bonchev–Trinajstić information content (AvgIpc) is 3.26. The molecular weight excluding hydrogens is 334 g/mol. The number of likely N-dealkylation sites (tertiary alicyclic amines) is 1. The number of hydrogen-bond acceptors (Lipinski definition) is 5. The Morgan fingerprint density at radius 1 is 1.27 bits per heavy atom. The van der Waals surface area contributed by atoms with Crippen LogP contribution in [0.1, 0.15) is 65.1 Å². The number of nitrogens with one attached hydrogen (secondary N) is 1. The minimum absolute atomic E-state index is 0.00183. The lowest BCUT2D eigenvalue weighted by molar-refractivity contribution is -0.142. The summed E-state index contributed by atoms with van der Waals surface area (Å²) in [6, 6.07) is 1.30. The molecule has 2 aliphatic heterocycles. The number of hydrogen-bond donors (Lipinski definition) is 1. The van der Waals surface area contributed by atoms with Crippen LogP contribution in [0.2, 0.25) is 0 Å². The summed E-state index contributed by atoms with van der Waals surface area (Å²) in [5, 5.41) is 6.75. The van der Waals surface area contributed by atoms with Gasteiger partial charge in [-0.05, 0) is 32.1 Å². The van der Waals surface area contributed by atoms with E-state index in [-0.39, 0.29) is 23.3 Å². The van der Waals surface area contributed by atoms with E-state index in [1.807, 2.05) is 20.8 Å². The summed E-state index contributed by atoms with van der Waals surface area (Å²) >= 11 is 0. The van der Waals surface area contributed by atoms with E-state index < -0.39 is 6.04 Å². The summed E-state index contributed by atoms with van der Waals surface area (Å²) in [4.78, 5) is 27.2. The molecule has 3 rings (SSSR count). The third kappa shape index (κ3) is 4.44. The summed E-state index contributed by atoms with van der Waals surface area (Å²) in [5.74, 6) is 0.922. The van der Waals surface area contributed by atoms with E-state index in [9.17, 15) is 9.59 Å². The monoisotopic (exact) mass is 363 g/mol. The van der Waals surface area contributed by atoms with Crippen LogP contribution in [0.4, 0.5) is 5.82 Å². The number of piperidine rings is 1. The van der Waals surface area contributed by atoms with Gasteiger partial charge >= 0.3 is 0 Å². The second-order valence-corrected chi connectivity index (χ2v) is 8.25. The van der Waals surface area contributed by atoms with Crippen molar-refractivity contribution in [3.63, 3.8) is 0 Å². The number of carbonyl (C=O) groups is 2. The van der Waals surface area contributed by atoms with E-state index in [0.29, 0.717) is 31.0 Å². The Morgan fingerprint density at radius 2 is 2.08 bits per heavy atom. The Labute approximate surface area is 154 Å². The van der Waals surface area contributed by atoms with Crippen molar-refractivity contribution in [2.75, 3.05) is 18.5 Å². The zero-order chi connectivity index (χ0) is 18.7. The zero-order valence-electron chi connectivity index (χ0n) is 15.9. The molecule has 0 unspecified atom stereocenters. The van der Waals surface area contributed by atoms with Gasteiger partial charge in [0.1, 0.15) is 11.8 Å². The van der Waals surface area contributed by atoms with Crippen molar-refractivity contribution >= 4 is 17.6 Å². The molecule has 144 valence electrons. The molecule has 2 saturated heterocycles. The number of ether oxygens (including phenoxy) is 1. The standard InChI is InChI=1S/C19H29N3O4/c1-19(2,3)15-12-16(21-26-15)20-18(24)14-8-4-5-9-22(14)17(23)11-13-7-6-10-25-13/h12-14H,4-11H2,1-3H3,(H,20,21,24)/t13-,14+/m1/s1. The van der Waals surface area contributed by atoms with Crippen molar-refractivity contribution < 1.29 is 18.8 Å². The lowest BCUT2D eigenvalue weighted by atomic mass is 9.93. The number of carbonyl (C=O) groups excluding carboxylic acids is 2. The number of nitrogens with zero attached hydrogens (tertiary/aromatic N) is 2. The first-order valence-electron chi connectivity index (χ1n) is 9.54. The fourth-order valence-corrected chi connectivity index (χ4v) is 3.52. The lowest BCUT2D eigenvalue weighted by Crippen LogP contribution is -2.50. The number of amides is 2. The predicted molar refractivity (Wildman–Crippen MR) is 96.8 cm³/mol. The van der Waals surface area contributed by atoms with Crippen LogP contribution >= 0.6 is 0 Å². The van der Waals surface area contributed by atoms with Crippen molar-refractivity contribution in [1.29, 1.82) is 0 Å². The number of aromatic nitrogens is 1. The van der Waals surface area contributed by atoms with E-state index in [1.165, 1.54) is 0 Å². The summed E-state index contributed by atoms with van der Waals surface area (Å²) < 4.78 is 10.9. The van der Waals surface area contributed by atoms with E-state index >= 15 is 0 Å². The predicted octanol–water partition coefficient (Wildman–Crippen LogP) is 2.86. The average molecular weight is 363 g/mol. The van der Waals surface area contributed by atoms with Crippen LogP contribution in [0.15, 0.2) is 10.6 Å². The molecule has 0 spiro atoms. The Kier molecular flexibility index (Phi) is 5.65. The minimum atomic E-state index is -0.451. The molecule has 7 heteroatoms. The van der Waals surface area contributed by atoms with Gasteiger partial charge in [0, 0.05) is 24.6 Å². The van der Waals surface area contributed by atoms with Crippen molar-refractivity contribution in [3.05, 3.63) is 11.8 Å². The summed E-state index contributed by atoms with van der Waals surface area (Å²) in [6.45, 7) is 7.41. The molecule has 0 aliphatic carbocycles. The molecule has 1 aromatic rings. The summed E-state index contributed by atoms with van der Waals surface area (Å²) in [7, 11) is 0. The molecule has 2 aliphatic rings. The molecule has 7 nitrogen and oxygen atoms in total. The van der Waals surface area contributed by atoms with Crippen molar-refractivity contribution in [2.45, 2.75) is 76.9 Å². The third-order valence-corrected chi connectivity index (χ3v) is 5.05. The zero-order valence-corrected chi connectivity index (χ0v) is 15.9. The van der Waals surface area contributed by atoms with Gasteiger partial charge in [0.25, 0.3) is 0 Å². The maximum atomic E-state index is 12.8. The number of anilines is 1. The molecule has 2 amide bonds. The van der Waals surface area contributed by atoms with E-state index in [2.05, 4.69) is 10.5 Å². The normalized spacial score (nSPS) is 23.9. The smallest absolute Gasteiger partial charge is 0.248 e. The van der Waals surface area contributed by atoms with Gasteiger partial charge in [0.05, 0.1) is 12.5 Å². The van der Waals surface area contributed by atoms with Gasteiger partial charge in [-0.3, -0.25) is 9.59 Å². The van der Waals surface area contributed by atoms with E-state index in [0.717, 1.165) is 32.3 Å².